The maximum atomic E-state index is 13.0. The van der Waals surface area contributed by atoms with Gasteiger partial charge in [0, 0.05) is 34.4 Å². The maximum absolute atomic E-state index is 13.0. The van der Waals surface area contributed by atoms with Gasteiger partial charge in [0.25, 0.3) is 0 Å². The number of thiazole rings is 1. The first-order valence-corrected chi connectivity index (χ1v) is 15.2. The number of piperidine rings is 1. The summed E-state index contributed by atoms with van der Waals surface area (Å²) in [5, 5.41) is 2.04. The monoisotopic (exact) mass is 591 g/mol. The molecular weight excluding hydrogens is 553 g/mol. The van der Waals surface area contributed by atoms with E-state index in [4.69, 9.17) is 21.3 Å². The van der Waals surface area contributed by atoms with Crippen molar-refractivity contribution in [3.05, 3.63) is 50.4 Å². The molecule has 212 valence electrons. The summed E-state index contributed by atoms with van der Waals surface area (Å²) in [4.78, 5) is 36.3. The second kappa shape index (κ2) is 11.1. The van der Waals surface area contributed by atoms with Gasteiger partial charge in [0.1, 0.15) is 0 Å². The molecule has 2 amide bonds. The Morgan fingerprint density at radius 3 is 2.28 bits per heavy atom. The summed E-state index contributed by atoms with van der Waals surface area (Å²) in [5.74, 6) is 0.266. The molecule has 0 spiro atoms. The van der Waals surface area contributed by atoms with Gasteiger partial charge in [-0.25, -0.2) is 4.98 Å². The third-order valence-corrected chi connectivity index (χ3v) is 11.1. The van der Waals surface area contributed by atoms with Gasteiger partial charge in [-0.2, -0.15) is 0 Å². The molecule has 4 aliphatic rings. The number of nitrogens with zero attached hydrogens (tertiary/aromatic N) is 3. The number of carbonyl (C=O) groups excluding carboxylic acids is 2. The zero-order valence-corrected chi connectivity index (χ0v) is 25.6. The number of aromatic nitrogens is 1. The zero-order chi connectivity index (χ0) is 26.8. The molecule has 4 fully saturated rings. The summed E-state index contributed by atoms with van der Waals surface area (Å²) in [5.41, 5.74) is 2.24. The average Bonchev–Trinajstić information content (AvgIpc) is 3.16. The molecule has 2 aliphatic heterocycles. The number of benzene rings is 1. The fraction of sp³-hybridized carbons (Fsp3) is 0.633. The molecule has 2 aromatic rings. The van der Waals surface area contributed by atoms with Gasteiger partial charge in [-0.15, -0.1) is 23.7 Å². The van der Waals surface area contributed by atoms with Crippen molar-refractivity contribution in [1.82, 2.24) is 14.8 Å². The molecule has 6 rings (SSSR count). The van der Waals surface area contributed by atoms with Crippen LogP contribution < -0.4 is 0 Å². The molecule has 3 heterocycles. The highest BCUT2D eigenvalue weighted by Gasteiger charge is 2.72. The van der Waals surface area contributed by atoms with E-state index in [9.17, 15) is 9.59 Å². The number of amides is 2. The van der Waals surface area contributed by atoms with Crippen molar-refractivity contribution in [3.8, 4) is 0 Å². The number of imide groups is 1. The minimum absolute atomic E-state index is 0. The smallest absolute Gasteiger partial charge is 0.233 e. The predicted molar refractivity (Wildman–Crippen MR) is 157 cm³/mol. The summed E-state index contributed by atoms with van der Waals surface area (Å²) >= 11 is 7.99. The van der Waals surface area contributed by atoms with Gasteiger partial charge in [0.2, 0.25) is 11.8 Å². The first-order valence-electron chi connectivity index (χ1n) is 14.0. The van der Waals surface area contributed by atoms with Gasteiger partial charge in [-0.1, -0.05) is 37.6 Å². The van der Waals surface area contributed by atoms with Gasteiger partial charge in [-0.05, 0) is 69.1 Å². The number of halogens is 2. The van der Waals surface area contributed by atoms with Crippen LogP contribution in [0.15, 0.2) is 24.3 Å². The molecule has 9 heteroatoms. The van der Waals surface area contributed by atoms with Gasteiger partial charge in [0.05, 0.1) is 41.8 Å². The minimum Gasteiger partial charge on any atom is -0.373 e. The Balaban J connectivity index is 0.00000308. The first-order chi connectivity index (χ1) is 18.1. The molecule has 0 radical (unpaired) electrons. The fourth-order valence-corrected chi connectivity index (χ4v) is 8.34. The highest BCUT2D eigenvalue weighted by molar-refractivity contribution is 7.11. The topological polar surface area (TPSA) is 62.7 Å². The largest absolute Gasteiger partial charge is 0.373 e. The Morgan fingerprint density at radius 1 is 1.05 bits per heavy atom. The maximum Gasteiger partial charge on any atom is 0.233 e. The van der Waals surface area contributed by atoms with E-state index in [1.165, 1.54) is 26.0 Å². The van der Waals surface area contributed by atoms with Crippen molar-refractivity contribution < 1.29 is 14.3 Å². The molecule has 1 aromatic heterocycles. The molecule has 2 aliphatic carbocycles. The Labute approximate surface area is 246 Å². The Bertz CT molecular complexity index is 1180. The van der Waals surface area contributed by atoms with Crippen molar-refractivity contribution in [1.29, 1.82) is 0 Å². The van der Waals surface area contributed by atoms with Crippen LogP contribution in [0.3, 0.4) is 0 Å². The molecule has 1 aromatic carbocycles. The van der Waals surface area contributed by atoms with Gasteiger partial charge in [0.15, 0.2) is 0 Å². The zero-order valence-electron chi connectivity index (χ0n) is 23.2. The number of hydrogen-bond acceptors (Lipinski definition) is 6. The van der Waals surface area contributed by atoms with Crippen LogP contribution in [0, 0.1) is 31.1 Å². The fourth-order valence-electron chi connectivity index (χ4n) is 7.12. The number of carbonyl (C=O) groups is 2. The number of likely N-dealkylation sites (tertiary alicyclic amines) is 1. The van der Waals surface area contributed by atoms with Gasteiger partial charge >= 0.3 is 0 Å². The third kappa shape index (κ3) is 5.42. The summed E-state index contributed by atoms with van der Waals surface area (Å²) in [6.07, 6.45) is 5.31. The number of ether oxygens (including phenoxy) is 1. The van der Waals surface area contributed by atoms with Crippen LogP contribution in [0.2, 0.25) is 5.02 Å². The van der Waals surface area contributed by atoms with Crippen molar-refractivity contribution in [2.24, 2.45) is 17.3 Å². The van der Waals surface area contributed by atoms with E-state index in [-0.39, 0.29) is 53.6 Å². The molecule has 4 atom stereocenters. The van der Waals surface area contributed by atoms with Crippen LogP contribution in [-0.2, 0) is 20.7 Å². The SMILES string of the molecule is Cc1nc(C2CCC(N3C[C@H](CN4C(=O)C5C(C4=O)C5(C)C)OC[C@@H]3Cc3ccc(Cl)cc3)CC2)sc1C.Cl. The van der Waals surface area contributed by atoms with Crippen LogP contribution in [-0.4, -0.2) is 64.5 Å². The van der Waals surface area contributed by atoms with E-state index >= 15 is 0 Å². The van der Waals surface area contributed by atoms with Crippen molar-refractivity contribution in [3.63, 3.8) is 0 Å². The quantitative estimate of drug-likeness (QED) is 0.396. The first kappa shape index (κ1) is 29.0. The predicted octanol–water partition coefficient (Wildman–Crippen LogP) is 5.81. The normalized spacial score (nSPS) is 32.2. The second-order valence-corrected chi connectivity index (χ2v) is 14.1. The summed E-state index contributed by atoms with van der Waals surface area (Å²) in [6.45, 7) is 10.1. The van der Waals surface area contributed by atoms with Crippen LogP contribution >= 0.6 is 35.3 Å². The second-order valence-electron chi connectivity index (χ2n) is 12.4. The van der Waals surface area contributed by atoms with E-state index in [2.05, 4.69) is 30.9 Å². The molecule has 0 N–H and O–H groups in total. The van der Waals surface area contributed by atoms with Crippen LogP contribution in [0.4, 0.5) is 0 Å². The van der Waals surface area contributed by atoms with E-state index in [0.29, 0.717) is 25.1 Å². The highest BCUT2D eigenvalue weighted by Crippen LogP contribution is 2.63. The van der Waals surface area contributed by atoms with Crippen molar-refractivity contribution in [2.75, 3.05) is 19.7 Å². The number of aryl methyl sites for hydroxylation is 2. The minimum atomic E-state index is -0.180. The molecule has 2 unspecified atom stereocenters. The lowest BCUT2D eigenvalue weighted by atomic mass is 9.84. The number of fused-ring (bicyclic) bond motifs is 1. The van der Waals surface area contributed by atoms with Gasteiger partial charge < -0.3 is 4.74 Å². The van der Waals surface area contributed by atoms with Crippen LogP contribution in [0.25, 0.3) is 0 Å². The van der Waals surface area contributed by atoms with E-state index in [1.807, 2.05) is 37.3 Å². The van der Waals surface area contributed by atoms with E-state index in [0.717, 1.165) is 43.7 Å². The average molecular weight is 593 g/mol. The Morgan fingerprint density at radius 2 is 1.69 bits per heavy atom. The number of rotatable bonds is 6. The molecule has 39 heavy (non-hydrogen) atoms. The summed E-state index contributed by atoms with van der Waals surface area (Å²) in [7, 11) is 0. The lowest BCUT2D eigenvalue weighted by Gasteiger charge is -2.46. The molecule has 6 nitrogen and oxygen atoms in total. The lowest BCUT2D eigenvalue weighted by molar-refractivity contribution is -0.148. The lowest BCUT2D eigenvalue weighted by Crippen LogP contribution is -2.58. The molecular formula is C30H39Cl2N3O3S. The standard InChI is InChI=1S/C30H38ClN3O3S.ClH/c1-17-18(2)38-27(32-17)20-7-11-22(12-8-20)33-14-24(15-34-28(35)25-26(29(34)36)30(25,3)4)37-16-23(33)13-19-5-9-21(31)10-6-19;/h5-6,9-10,20,22-26H,7-8,11-16H2,1-4H3;1H/t20?,22?,23-,24+,25?,26?;/m0./s1. The van der Waals surface area contributed by atoms with E-state index < -0.39 is 0 Å². The van der Waals surface area contributed by atoms with E-state index in [1.54, 1.807) is 0 Å². The molecule has 2 saturated heterocycles. The Hall–Kier alpha value is -1.51. The highest BCUT2D eigenvalue weighted by atomic mass is 35.5. The van der Waals surface area contributed by atoms with Crippen LogP contribution in [0.5, 0.6) is 0 Å². The molecule has 0 bridgehead atoms. The third-order valence-electron chi connectivity index (χ3n) is 9.63. The summed E-state index contributed by atoms with van der Waals surface area (Å²) in [6, 6.07) is 8.84. The summed E-state index contributed by atoms with van der Waals surface area (Å²) < 4.78 is 6.35. The van der Waals surface area contributed by atoms with Crippen molar-refractivity contribution in [2.45, 2.75) is 83.9 Å². The number of hydrogen-bond donors (Lipinski definition) is 0. The Kier molecular flexibility index (Phi) is 8.22. The number of morpholine rings is 1. The molecule has 2 saturated carbocycles. The van der Waals surface area contributed by atoms with Gasteiger partial charge in [-0.3, -0.25) is 19.4 Å². The van der Waals surface area contributed by atoms with Crippen LogP contribution in [0.1, 0.15) is 66.6 Å². The van der Waals surface area contributed by atoms with Crippen molar-refractivity contribution >= 4 is 47.2 Å².